The molecule has 0 aliphatic heterocycles. The molecular weight excluding hydrogens is 861 g/mol. The number of rotatable bonds is 56. The highest BCUT2D eigenvalue weighted by Gasteiger charge is 2.17. The molecule has 0 saturated carbocycles. The summed E-state index contributed by atoms with van der Waals surface area (Å²) in [7, 11) is 0. The highest BCUT2D eigenvalue weighted by Crippen LogP contribution is 2.16. The third kappa shape index (κ3) is 57.9. The van der Waals surface area contributed by atoms with E-state index in [0.717, 1.165) is 83.5 Å². The molecule has 5 nitrogen and oxygen atoms in total. The summed E-state index contributed by atoms with van der Waals surface area (Å²) in [6.45, 7) is 7.72. The SMILES string of the molecule is CC/C=C\C/C=C\C/C=C\C/C=C\C/C=C\CCCCCC(=O)OC[C@@H](COCCCCCCCCCCCCCCCCCC)OC(=O)CCCCCCCCCCC/C=C\CCCCCCCC. The monoisotopic (exact) mass is 977 g/mol. The van der Waals surface area contributed by atoms with Gasteiger partial charge in [-0.25, -0.2) is 0 Å². The topological polar surface area (TPSA) is 61.8 Å². The molecule has 0 rings (SSSR count). The van der Waals surface area contributed by atoms with Crippen molar-refractivity contribution in [2.45, 2.75) is 309 Å². The number of carbonyl (C=O) groups excluding carboxylic acids is 2. The minimum atomic E-state index is -0.552. The fourth-order valence-electron chi connectivity index (χ4n) is 8.71. The van der Waals surface area contributed by atoms with Crippen molar-refractivity contribution in [2.24, 2.45) is 0 Å². The predicted octanol–water partition coefficient (Wildman–Crippen LogP) is 21.0. The van der Waals surface area contributed by atoms with E-state index in [1.165, 1.54) is 186 Å². The van der Waals surface area contributed by atoms with Gasteiger partial charge in [0.05, 0.1) is 6.61 Å². The summed E-state index contributed by atoms with van der Waals surface area (Å²) in [5, 5.41) is 0. The van der Waals surface area contributed by atoms with Gasteiger partial charge in [0.2, 0.25) is 0 Å². The van der Waals surface area contributed by atoms with Crippen LogP contribution in [0, 0.1) is 0 Å². The van der Waals surface area contributed by atoms with E-state index >= 15 is 0 Å². The van der Waals surface area contributed by atoms with Crippen LogP contribution in [0.5, 0.6) is 0 Å². The molecule has 0 aliphatic rings. The van der Waals surface area contributed by atoms with Gasteiger partial charge < -0.3 is 14.2 Å². The molecule has 0 N–H and O–H groups in total. The summed E-state index contributed by atoms with van der Waals surface area (Å²) >= 11 is 0. The molecule has 1 atom stereocenters. The van der Waals surface area contributed by atoms with Gasteiger partial charge >= 0.3 is 11.9 Å². The summed E-state index contributed by atoms with van der Waals surface area (Å²) in [6.07, 6.45) is 79.3. The van der Waals surface area contributed by atoms with E-state index in [9.17, 15) is 9.59 Å². The Kier molecular flexibility index (Phi) is 58.3. The minimum Gasteiger partial charge on any atom is -0.462 e. The van der Waals surface area contributed by atoms with Crippen molar-refractivity contribution in [1.82, 2.24) is 0 Å². The first-order chi connectivity index (χ1) is 34.6. The third-order valence-electron chi connectivity index (χ3n) is 13.2. The second kappa shape index (κ2) is 60.6. The molecule has 0 unspecified atom stereocenters. The molecule has 0 aromatic rings. The van der Waals surface area contributed by atoms with Crippen LogP contribution in [-0.4, -0.2) is 37.9 Å². The molecule has 0 fully saturated rings. The lowest BCUT2D eigenvalue weighted by atomic mass is 10.0. The van der Waals surface area contributed by atoms with Crippen LogP contribution in [0.2, 0.25) is 0 Å². The van der Waals surface area contributed by atoms with Crippen molar-refractivity contribution in [3.63, 3.8) is 0 Å². The lowest BCUT2D eigenvalue weighted by Gasteiger charge is -2.18. The summed E-state index contributed by atoms with van der Waals surface area (Å²) in [6, 6.07) is 0. The van der Waals surface area contributed by atoms with E-state index < -0.39 is 6.10 Å². The Bertz CT molecular complexity index is 1240. The molecule has 0 aromatic carbocycles. The Morgan fingerprint density at radius 3 is 1.06 bits per heavy atom. The number of carbonyl (C=O) groups is 2. The first-order valence-corrected chi connectivity index (χ1v) is 30.5. The molecule has 0 heterocycles. The lowest BCUT2D eigenvalue weighted by Crippen LogP contribution is -2.30. The molecule has 0 saturated heterocycles. The van der Waals surface area contributed by atoms with E-state index in [1.807, 2.05) is 0 Å². The minimum absolute atomic E-state index is 0.0685. The maximum atomic E-state index is 12.9. The van der Waals surface area contributed by atoms with Crippen LogP contribution in [0.25, 0.3) is 0 Å². The van der Waals surface area contributed by atoms with E-state index in [0.29, 0.717) is 19.4 Å². The van der Waals surface area contributed by atoms with Gasteiger partial charge in [-0.3, -0.25) is 9.59 Å². The van der Waals surface area contributed by atoms with Crippen LogP contribution in [0.15, 0.2) is 72.9 Å². The van der Waals surface area contributed by atoms with Crippen molar-refractivity contribution in [2.75, 3.05) is 19.8 Å². The van der Waals surface area contributed by atoms with Crippen molar-refractivity contribution < 1.29 is 23.8 Å². The van der Waals surface area contributed by atoms with E-state index in [-0.39, 0.29) is 25.2 Å². The zero-order valence-corrected chi connectivity index (χ0v) is 46.8. The predicted molar refractivity (Wildman–Crippen MR) is 307 cm³/mol. The molecular formula is C65H116O5. The first kappa shape index (κ1) is 67.3. The van der Waals surface area contributed by atoms with Crippen LogP contribution in [-0.2, 0) is 23.8 Å². The standard InChI is InChI=1S/C65H116O5/c1-4-7-10-13-16-19-22-25-28-31-33-35-37-40-43-46-49-52-55-58-64(66)69-62-63(61-68-60-57-54-51-48-45-42-39-30-27-24-21-18-15-12-9-6-3)70-65(67)59-56-53-50-47-44-41-38-36-34-32-29-26-23-20-17-14-11-8-5-2/h7,10,16,19,25-26,28-29,33,35,40,43,63H,4-6,8-9,11-15,17-18,20-24,27,30-32,34,36-39,41-42,44-62H2,1-3H3/b10-7-,19-16-,28-25-,29-26-,35-33-,43-40-/t63-/m1/s1. The lowest BCUT2D eigenvalue weighted by molar-refractivity contribution is -0.163. The third-order valence-corrected chi connectivity index (χ3v) is 13.2. The molecule has 0 aromatic heterocycles. The number of unbranched alkanes of at least 4 members (excludes halogenated alkanes) is 33. The van der Waals surface area contributed by atoms with Gasteiger partial charge in [0.15, 0.2) is 6.10 Å². The van der Waals surface area contributed by atoms with Crippen LogP contribution in [0.1, 0.15) is 303 Å². The van der Waals surface area contributed by atoms with Gasteiger partial charge in [-0.15, -0.1) is 0 Å². The summed E-state index contributed by atoms with van der Waals surface area (Å²) in [4.78, 5) is 25.6. The van der Waals surface area contributed by atoms with Gasteiger partial charge in [-0.2, -0.15) is 0 Å². The maximum Gasteiger partial charge on any atom is 0.306 e. The molecule has 5 heteroatoms. The number of hydrogen-bond acceptors (Lipinski definition) is 5. The normalized spacial score (nSPS) is 12.7. The van der Waals surface area contributed by atoms with Crippen molar-refractivity contribution in [1.29, 1.82) is 0 Å². The molecule has 70 heavy (non-hydrogen) atoms. The number of ether oxygens (including phenoxy) is 3. The maximum absolute atomic E-state index is 12.9. The Balaban J connectivity index is 4.32. The van der Waals surface area contributed by atoms with Crippen molar-refractivity contribution >= 4 is 11.9 Å². The van der Waals surface area contributed by atoms with E-state index in [2.05, 4.69) is 93.7 Å². The molecule has 0 spiro atoms. The molecule has 0 radical (unpaired) electrons. The van der Waals surface area contributed by atoms with E-state index in [1.54, 1.807) is 0 Å². The van der Waals surface area contributed by atoms with Crippen LogP contribution in [0.4, 0.5) is 0 Å². The van der Waals surface area contributed by atoms with Crippen LogP contribution in [0.3, 0.4) is 0 Å². The summed E-state index contributed by atoms with van der Waals surface area (Å²) in [5.41, 5.74) is 0. The zero-order chi connectivity index (χ0) is 50.6. The average Bonchev–Trinajstić information content (AvgIpc) is 3.36. The second-order valence-electron chi connectivity index (χ2n) is 20.2. The summed E-state index contributed by atoms with van der Waals surface area (Å²) in [5.74, 6) is -0.424. The second-order valence-corrected chi connectivity index (χ2v) is 20.2. The smallest absolute Gasteiger partial charge is 0.306 e. The van der Waals surface area contributed by atoms with Gasteiger partial charge in [-0.1, -0.05) is 273 Å². The summed E-state index contributed by atoms with van der Waals surface area (Å²) < 4.78 is 17.5. The largest absolute Gasteiger partial charge is 0.462 e. The molecule has 0 amide bonds. The first-order valence-electron chi connectivity index (χ1n) is 30.5. The highest BCUT2D eigenvalue weighted by molar-refractivity contribution is 5.70. The van der Waals surface area contributed by atoms with Gasteiger partial charge in [0.1, 0.15) is 6.61 Å². The van der Waals surface area contributed by atoms with Gasteiger partial charge in [-0.05, 0) is 89.9 Å². The van der Waals surface area contributed by atoms with Crippen LogP contribution < -0.4 is 0 Å². The number of allylic oxidation sites excluding steroid dienone is 12. The van der Waals surface area contributed by atoms with Gasteiger partial charge in [0.25, 0.3) is 0 Å². The Morgan fingerprint density at radius 2 is 0.643 bits per heavy atom. The Hall–Kier alpha value is -2.66. The molecule has 406 valence electrons. The Labute approximate surface area is 436 Å². The van der Waals surface area contributed by atoms with Gasteiger partial charge in [0, 0.05) is 19.4 Å². The van der Waals surface area contributed by atoms with Crippen LogP contribution >= 0.6 is 0 Å². The number of esters is 2. The van der Waals surface area contributed by atoms with E-state index in [4.69, 9.17) is 14.2 Å². The average molecular weight is 978 g/mol. The quantitative estimate of drug-likeness (QED) is 0.0345. The fraction of sp³-hybridized carbons (Fsp3) is 0.785. The highest BCUT2D eigenvalue weighted by atomic mass is 16.6. The van der Waals surface area contributed by atoms with Crippen molar-refractivity contribution in [3.8, 4) is 0 Å². The fourth-order valence-corrected chi connectivity index (χ4v) is 8.71. The molecule has 0 bridgehead atoms. The number of hydrogen-bond donors (Lipinski definition) is 0. The molecule has 0 aliphatic carbocycles. The van der Waals surface area contributed by atoms with Crippen molar-refractivity contribution in [3.05, 3.63) is 72.9 Å². The zero-order valence-electron chi connectivity index (χ0n) is 46.8. The Morgan fingerprint density at radius 1 is 0.329 bits per heavy atom.